The van der Waals surface area contributed by atoms with Crippen LogP contribution < -0.4 is 10.1 Å². The van der Waals surface area contributed by atoms with E-state index in [0.717, 1.165) is 31.2 Å². The van der Waals surface area contributed by atoms with Crippen LogP contribution in [0.5, 0.6) is 5.75 Å². The molecule has 198 valence electrons. The Kier molecular flexibility index (Phi) is 8.30. The van der Waals surface area contributed by atoms with Gasteiger partial charge in [0.15, 0.2) is 0 Å². The van der Waals surface area contributed by atoms with Crippen LogP contribution in [0.1, 0.15) is 75.2 Å². The number of benzene rings is 2. The van der Waals surface area contributed by atoms with Gasteiger partial charge in [-0.1, -0.05) is 55.8 Å². The molecule has 2 aromatic carbocycles. The molecule has 0 aliphatic heterocycles. The first-order valence-electron chi connectivity index (χ1n) is 13.4. The Bertz CT molecular complexity index is 1220. The minimum atomic E-state index is -0.716. The van der Waals surface area contributed by atoms with E-state index in [0.29, 0.717) is 35.1 Å². The molecule has 0 saturated heterocycles. The van der Waals surface area contributed by atoms with Gasteiger partial charge in [0.05, 0.1) is 23.2 Å². The van der Waals surface area contributed by atoms with Crippen molar-refractivity contribution in [2.75, 3.05) is 13.7 Å². The van der Waals surface area contributed by atoms with E-state index in [4.69, 9.17) is 26.1 Å². The first kappa shape index (κ1) is 26.0. The molecule has 2 aliphatic carbocycles. The van der Waals surface area contributed by atoms with Gasteiger partial charge in [0.25, 0.3) is 0 Å². The smallest absolute Gasteiger partial charge is 0.247 e. The molecule has 1 aromatic heterocycles. The fourth-order valence-corrected chi connectivity index (χ4v) is 5.91. The van der Waals surface area contributed by atoms with E-state index in [1.165, 1.54) is 38.2 Å². The van der Waals surface area contributed by atoms with Crippen molar-refractivity contribution in [3.63, 3.8) is 0 Å². The predicted molar refractivity (Wildman–Crippen MR) is 142 cm³/mol. The molecule has 2 aliphatic rings. The van der Waals surface area contributed by atoms with E-state index in [1.54, 1.807) is 13.2 Å². The first-order chi connectivity index (χ1) is 18.0. The molecule has 3 aromatic rings. The average molecular weight is 528 g/mol. The highest BCUT2D eigenvalue weighted by atomic mass is 35.5. The molecular weight excluding hydrogens is 493 g/mol. The minimum absolute atomic E-state index is 0.00648. The number of rotatable bonds is 9. The summed E-state index contributed by atoms with van der Waals surface area (Å²) in [6, 6.07) is 9.79. The number of halogens is 2. The lowest BCUT2D eigenvalue weighted by Crippen LogP contribution is -2.39. The minimum Gasteiger partial charge on any atom is -0.497 e. The summed E-state index contributed by atoms with van der Waals surface area (Å²) in [4.78, 5) is 18.6. The highest BCUT2D eigenvalue weighted by Gasteiger charge is 2.30. The predicted octanol–water partition coefficient (Wildman–Crippen LogP) is 6.58. The summed E-state index contributed by atoms with van der Waals surface area (Å²) >= 11 is 6.22. The second-order valence-corrected chi connectivity index (χ2v) is 10.7. The molecule has 0 spiro atoms. The van der Waals surface area contributed by atoms with Gasteiger partial charge in [-0.3, -0.25) is 4.79 Å². The number of hydrogen-bond donors (Lipinski definition) is 1. The lowest BCUT2D eigenvalue weighted by atomic mass is 9.90. The van der Waals surface area contributed by atoms with Crippen molar-refractivity contribution >= 4 is 28.5 Å². The number of methoxy groups -OCH3 is 1. The number of aromatic nitrogens is 2. The van der Waals surface area contributed by atoms with E-state index in [9.17, 15) is 9.18 Å². The molecule has 2 saturated carbocycles. The van der Waals surface area contributed by atoms with Gasteiger partial charge in [-0.15, -0.1) is 0 Å². The molecule has 2 fully saturated rings. The van der Waals surface area contributed by atoms with Crippen LogP contribution in [0.4, 0.5) is 4.39 Å². The Morgan fingerprint density at radius 1 is 1.11 bits per heavy atom. The molecule has 0 radical (unpaired) electrons. The van der Waals surface area contributed by atoms with Crippen LogP contribution in [0.3, 0.4) is 0 Å². The Balaban J connectivity index is 1.53. The number of amides is 1. The van der Waals surface area contributed by atoms with Crippen molar-refractivity contribution in [1.29, 1.82) is 0 Å². The van der Waals surface area contributed by atoms with Crippen LogP contribution in [-0.2, 0) is 16.1 Å². The summed E-state index contributed by atoms with van der Waals surface area (Å²) in [6.45, 7) is 0.883. The highest BCUT2D eigenvalue weighted by molar-refractivity contribution is 6.31. The van der Waals surface area contributed by atoms with Crippen LogP contribution in [0, 0.1) is 11.7 Å². The molecule has 1 atom stereocenters. The van der Waals surface area contributed by atoms with Crippen LogP contribution in [0.25, 0.3) is 11.0 Å². The zero-order valence-electron chi connectivity index (χ0n) is 21.3. The van der Waals surface area contributed by atoms with Crippen molar-refractivity contribution in [3.8, 4) is 5.75 Å². The highest BCUT2D eigenvalue weighted by Crippen LogP contribution is 2.32. The maximum Gasteiger partial charge on any atom is 0.247 e. The van der Waals surface area contributed by atoms with Gasteiger partial charge in [-0.05, 0) is 55.4 Å². The van der Waals surface area contributed by atoms with Gasteiger partial charge >= 0.3 is 0 Å². The van der Waals surface area contributed by atoms with Crippen molar-refractivity contribution in [3.05, 3.63) is 58.6 Å². The molecule has 1 amide bonds. The quantitative estimate of drug-likeness (QED) is 0.341. The summed E-state index contributed by atoms with van der Waals surface area (Å²) in [7, 11) is 1.61. The van der Waals surface area contributed by atoms with Crippen LogP contribution >= 0.6 is 11.6 Å². The van der Waals surface area contributed by atoms with Crippen molar-refractivity contribution in [2.24, 2.45) is 5.92 Å². The standard InChI is InChI=1S/C29H35ClFN3O3/c1-36-22-13-11-20(12-14-22)28(29(35)32-21-9-5-6-10-21)34-26-15-23(30)24(31)16-25(26)33-27(34)18-37-17-19-7-3-2-4-8-19/h11-16,19,21,28H,2-10,17-18H2,1H3,(H,32,35). The second-order valence-electron chi connectivity index (χ2n) is 10.3. The van der Waals surface area contributed by atoms with Crippen molar-refractivity contribution in [2.45, 2.75) is 76.5 Å². The average Bonchev–Trinajstić information content (AvgIpc) is 3.54. The van der Waals surface area contributed by atoms with Gasteiger partial charge in [-0.25, -0.2) is 9.37 Å². The maximum atomic E-state index is 14.4. The normalized spacial score (nSPS) is 17.8. The number of nitrogens with one attached hydrogen (secondary N) is 1. The zero-order chi connectivity index (χ0) is 25.8. The van der Waals surface area contributed by atoms with E-state index in [1.807, 2.05) is 28.8 Å². The second kappa shape index (κ2) is 11.8. The molecule has 5 rings (SSSR count). The molecule has 8 heteroatoms. The van der Waals surface area contributed by atoms with E-state index in [2.05, 4.69) is 5.32 Å². The number of imidazole rings is 1. The summed E-state index contributed by atoms with van der Waals surface area (Å²) in [5, 5.41) is 3.25. The summed E-state index contributed by atoms with van der Waals surface area (Å²) in [5.74, 6) is 1.17. The zero-order valence-corrected chi connectivity index (χ0v) is 22.1. The molecule has 1 unspecified atom stereocenters. The van der Waals surface area contributed by atoms with E-state index in [-0.39, 0.29) is 23.6 Å². The number of ether oxygens (including phenoxy) is 2. The van der Waals surface area contributed by atoms with Crippen LogP contribution in [0.2, 0.25) is 5.02 Å². The van der Waals surface area contributed by atoms with Gasteiger partial charge in [-0.2, -0.15) is 0 Å². The summed E-state index contributed by atoms with van der Waals surface area (Å²) < 4.78 is 27.8. The fraction of sp³-hybridized carbons (Fsp3) is 0.517. The number of nitrogens with zero attached hydrogens (tertiary/aromatic N) is 2. The number of carbonyl (C=O) groups is 1. The van der Waals surface area contributed by atoms with E-state index < -0.39 is 11.9 Å². The summed E-state index contributed by atoms with van der Waals surface area (Å²) in [6.07, 6.45) is 10.3. The van der Waals surface area contributed by atoms with Gasteiger partial charge in [0, 0.05) is 18.7 Å². The van der Waals surface area contributed by atoms with Gasteiger partial charge < -0.3 is 19.4 Å². The molecule has 37 heavy (non-hydrogen) atoms. The lowest BCUT2D eigenvalue weighted by Gasteiger charge is -2.25. The third kappa shape index (κ3) is 5.93. The van der Waals surface area contributed by atoms with Crippen LogP contribution in [-0.4, -0.2) is 35.2 Å². The SMILES string of the molecule is COc1ccc(C(C(=O)NC2CCCC2)n2c(COCC3CCCCC3)nc3cc(F)c(Cl)cc32)cc1. The molecule has 0 bridgehead atoms. The van der Waals surface area contributed by atoms with Gasteiger partial charge in [0.1, 0.15) is 30.0 Å². The molecular formula is C29H35ClFN3O3. The fourth-order valence-electron chi connectivity index (χ4n) is 5.76. The molecule has 6 nitrogen and oxygen atoms in total. The molecule has 1 heterocycles. The van der Waals surface area contributed by atoms with Crippen molar-refractivity contribution < 1.29 is 18.7 Å². The first-order valence-corrected chi connectivity index (χ1v) is 13.8. The third-order valence-electron chi connectivity index (χ3n) is 7.75. The Morgan fingerprint density at radius 3 is 2.51 bits per heavy atom. The van der Waals surface area contributed by atoms with Crippen molar-refractivity contribution in [1.82, 2.24) is 14.9 Å². The van der Waals surface area contributed by atoms with E-state index >= 15 is 0 Å². The Labute approximate surface area is 222 Å². The number of carbonyl (C=O) groups excluding carboxylic acids is 1. The number of fused-ring (bicyclic) bond motifs is 1. The summed E-state index contributed by atoms with van der Waals surface area (Å²) in [5.41, 5.74) is 1.83. The topological polar surface area (TPSA) is 65.4 Å². The molecule has 1 N–H and O–H groups in total. The third-order valence-corrected chi connectivity index (χ3v) is 8.04. The largest absolute Gasteiger partial charge is 0.497 e. The Hall–Kier alpha value is -2.64. The van der Waals surface area contributed by atoms with Crippen LogP contribution in [0.15, 0.2) is 36.4 Å². The van der Waals surface area contributed by atoms with Gasteiger partial charge in [0.2, 0.25) is 5.91 Å². The maximum absolute atomic E-state index is 14.4. The number of hydrogen-bond acceptors (Lipinski definition) is 4. The Morgan fingerprint density at radius 2 is 1.81 bits per heavy atom. The lowest BCUT2D eigenvalue weighted by molar-refractivity contribution is -0.123. The monoisotopic (exact) mass is 527 g/mol.